The summed E-state index contributed by atoms with van der Waals surface area (Å²) in [7, 11) is 0. The third-order valence-corrected chi connectivity index (χ3v) is 15.8. The Morgan fingerprint density at radius 2 is 0.679 bits per heavy atom. The highest BCUT2D eigenvalue weighted by molar-refractivity contribution is 8.05. The molecule has 2 aliphatic heterocycles. The van der Waals surface area contributed by atoms with E-state index < -0.39 is 0 Å². The third kappa shape index (κ3) is 5.34. The Kier molecular flexibility index (Phi) is 7.72. The Morgan fingerprint density at radius 3 is 1.26 bits per heavy atom. The van der Waals surface area contributed by atoms with Crippen LogP contribution in [0.25, 0.3) is 44.5 Å². The lowest BCUT2D eigenvalue weighted by Crippen LogP contribution is -2.01. The fourth-order valence-corrected chi connectivity index (χ4v) is 12.9. The van der Waals surface area contributed by atoms with E-state index in [4.69, 9.17) is 0 Å². The Morgan fingerprint density at radius 1 is 0.283 bits per heavy atom. The first-order valence-electron chi connectivity index (χ1n) is 17.9. The molecule has 0 nitrogen and oxygen atoms in total. The van der Waals surface area contributed by atoms with Crippen LogP contribution in [0.2, 0.25) is 0 Å². The molecule has 0 radical (unpaired) electrons. The zero-order chi connectivity index (χ0) is 34.9. The van der Waals surface area contributed by atoms with Crippen LogP contribution in [0.3, 0.4) is 0 Å². The molecule has 1 unspecified atom stereocenters. The van der Waals surface area contributed by atoms with Crippen LogP contribution in [-0.2, 0) is 0 Å². The molecule has 3 aliphatic rings. The number of hydrogen-bond donors (Lipinski definition) is 0. The normalized spacial score (nSPS) is 14.7. The van der Waals surface area contributed by atoms with Crippen molar-refractivity contribution in [3.63, 3.8) is 0 Å². The largest absolute Gasteiger partial charge is 0.0877 e. The van der Waals surface area contributed by atoms with Crippen LogP contribution in [0.5, 0.6) is 0 Å². The molecule has 1 aliphatic carbocycles. The van der Waals surface area contributed by atoms with Crippen molar-refractivity contribution in [2.24, 2.45) is 0 Å². The van der Waals surface area contributed by atoms with Gasteiger partial charge >= 0.3 is 0 Å². The second kappa shape index (κ2) is 12.9. The van der Waals surface area contributed by atoms with E-state index >= 15 is 0 Å². The van der Waals surface area contributed by atoms with Crippen molar-refractivity contribution >= 4 is 47.0 Å². The van der Waals surface area contributed by atoms with Gasteiger partial charge in [-0.05, 0) is 97.6 Å². The van der Waals surface area contributed by atoms with Gasteiger partial charge < -0.3 is 0 Å². The SMILES string of the molecule is c1ccc2c(c1)Sc1cccc(-c3ccc(-c4cccc5c4C(c4ccc(-c6cccc7c6Sc6ccccc6S7)cc4)c4ccccc4-5)cc3)c1S2. The molecule has 8 aromatic rings. The minimum absolute atomic E-state index is 0.155. The van der Waals surface area contributed by atoms with Gasteiger partial charge in [-0.15, -0.1) is 0 Å². The predicted molar refractivity (Wildman–Crippen MR) is 225 cm³/mol. The fraction of sp³-hybridized carbons (Fsp3) is 0.0204. The fourth-order valence-electron chi connectivity index (χ4n) is 8.10. The standard InChI is InChI=1S/C49H30S4/c1-2-11-38-37(10-1)39-15-7-12-34(30-22-24-31(25-23-30)35-13-8-20-44-48(35)52-42-18-5-3-16-40(42)50-44)47(39)46(38)33-28-26-32(27-29-33)36-14-9-21-45-49(36)53-43-19-6-4-17-41(43)51-45/h1-29,46H. The first kappa shape index (κ1) is 31.7. The average Bonchev–Trinajstić information content (AvgIpc) is 3.56. The van der Waals surface area contributed by atoms with Gasteiger partial charge in [0.05, 0.1) is 0 Å². The van der Waals surface area contributed by atoms with Crippen LogP contribution in [0.15, 0.2) is 215 Å². The molecular weight excluding hydrogens is 717 g/mol. The number of fused-ring (bicyclic) bond motifs is 7. The summed E-state index contributed by atoms with van der Waals surface area (Å²) >= 11 is 7.54. The maximum atomic E-state index is 2.37. The molecule has 0 saturated carbocycles. The van der Waals surface area contributed by atoms with Gasteiger partial charge in [0.25, 0.3) is 0 Å². The lowest BCUT2D eigenvalue weighted by Gasteiger charge is -2.22. The molecule has 8 aromatic carbocycles. The molecule has 53 heavy (non-hydrogen) atoms. The van der Waals surface area contributed by atoms with Crippen molar-refractivity contribution in [2.45, 2.75) is 45.1 Å². The summed E-state index contributed by atoms with van der Waals surface area (Å²) in [6, 6.07) is 65.5. The van der Waals surface area contributed by atoms with E-state index in [2.05, 4.69) is 176 Å². The van der Waals surface area contributed by atoms with Gasteiger partial charge in [0, 0.05) is 45.1 Å². The summed E-state index contributed by atoms with van der Waals surface area (Å²) in [6.45, 7) is 0. The van der Waals surface area contributed by atoms with Crippen molar-refractivity contribution < 1.29 is 0 Å². The molecule has 0 N–H and O–H groups in total. The van der Waals surface area contributed by atoms with Crippen molar-refractivity contribution in [2.75, 3.05) is 0 Å². The highest BCUT2D eigenvalue weighted by atomic mass is 32.2. The van der Waals surface area contributed by atoms with Crippen molar-refractivity contribution in [1.29, 1.82) is 0 Å². The minimum atomic E-state index is 0.155. The van der Waals surface area contributed by atoms with Gasteiger partial charge in [-0.3, -0.25) is 0 Å². The van der Waals surface area contributed by atoms with Gasteiger partial charge in [-0.1, -0.05) is 187 Å². The van der Waals surface area contributed by atoms with Crippen LogP contribution in [0.4, 0.5) is 0 Å². The average molecular weight is 747 g/mol. The minimum Gasteiger partial charge on any atom is -0.0877 e. The van der Waals surface area contributed by atoms with Crippen molar-refractivity contribution in [3.05, 3.63) is 193 Å². The van der Waals surface area contributed by atoms with Crippen LogP contribution >= 0.6 is 47.0 Å². The van der Waals surface area contributed by atoms with E-state index in [1.165, 1.54) is 100 Å². The molecule has 2 heterocycles. The first-order valence-corrected chi connectivity index (χ1v) is 21.1. The summed E-state index contributed by atoms with van der Waals surface area (Å²) < 4.78 is 0. The van der Waals surface area contributed by atoms with E-state index in [0.29, 0.717) is 0 Å². The van der Waals surface area contributed by atoms with E-state index in [1.807, 2.05) is 47.0 Å². The second-order valence-corrected chi connectivity index (χ2v) is 17.8. The molecule has 0 bridgehead atoms. The van der Waals surface area contributed by atoms with Crippen LogP contribution in [0, 0.1) is 0 Å². The number of hydrogen-bond acceptors (Lipinski definition) is 4. The highest BCUT2D eigenvalue weighted by Crippen LogP contribution is 2.55. The van der Waals surface area contributed by atoms with Gasteiger partial charge in [0.15, 0.2) is 0 Å². The Labute approximate surface area is 327 Å². The molecule has 0 spiro atoms. The molecule has 0 aromatic heterocycles. The molecular formula is C49H30S4. The monoisotopic (exact) mass is 746 g/mol. The topological polar surface area (TPSA) is 0 Å². The Hall–Kier alpha value is -4.84. The highest BCUT2D eigenvalue weighted by Gasteiger charge is 2.32. The van der Waals surface area contributed by atoms with Crippen molar-refractivity contribution in [3.8, 4) is 44.5 Å². The maximum Gasteiger partial charge on any atom is 0.0358 e. The summed E-state index contributed by atoms with van der Waals surface area (Å²) in [6.07, 6.45) is 0. The van der Waals surface area contributed by atoms with E-state index in [1.54, 1.807) is 0 Å². The molecule has 0 amide bonds. The van der Waals surface area contributed by atoms with Crippen LogP contribution in [-0.4, -0.2) is 0 Å². The molecule has 4 heteroatoms. The third-order valence-electron chi connectivity index (χ3n) is 10.5. The van der Waals surface area contributed by atoms with Gasteiger partial charge in [0.2, 0.25) is 0 Å². The second-order valence-electron chi connectivity index (χ2n) is 13.6. The maximum absolute atomic E-state index is 2.37. The van der Waals surface area contributed by atoms with Gasteiger partial charge in [-0.25, -0.2) is 0 Å². The lowest BCUT2D eigenvalue weighted by molar-refractivity contribution is 1.02. The van der Waals surface area contributed by atoms with E-state index in [0.717, 1.165) is 0 Å². The smallest absolute Gasteiger partial charge is 0.0358 e. The molecule has 11 rings (SSSR count). The van der Waals surface area contributed by atoms with Crippen LogP contribution in [0.1, 0.15) is 22.6 Å². The first-order chi connectivity index (χ1) is 26.3. The summed E-state index contributed by atoms with van der Waals surface area (Å²) in [5.41, 5.74) is 14.4. The quantitative estimate of drug-likeness (QED) is 0.176. The predicted octanol–water partition coefficient (Wildman–Crippen LogP) is 15.1. The molecule has 0 saturated heterocycles. The molecule has 250 valence electrons. The number of rotatable bonds is 4. The lowest BCUT2D eigenvalue weighted by atomic mass is 9.84. The molecule has 0 fully saturated rings. The summed E-state index contributed by atoms with van der Waals surface area (Å²) in [4.78, 5) is 10.7. The zero-order valence-corrected chi connectivity index (χ0v) is 31.7. The Balaban J connectivity index is 0.959. The van der Waals surface area contributed by atoms with E-state index in [-0.39, 0.29) is 5.92 Å². The van der Waals surface area contributed by atoms with Gasteiger partial charge in [-0.2, -0.15) is 0 Å². The Bertz CT molecular complexity index is 2730. The van der Waals surface area contributed by atoms with Crippen molar-refractivity contribution in [1.82, 2.24) is 0 Å². The molecule has 1 atom stereocenters. The van der Waals surface area contributed by atoms with E-state index in [9.17, 15) is 0 Å². The number of benzene rings is 8. The zero-order valence-electron chi connectivity index (χ0n) is 28.5. The van der Waals surface area contributed by atoms with Gasteiger partial charge in [0.1, 0.15) is 0 Å². The van der Waals surface area contributed by atoms with Crippen LogP contribution < -0.4 is 0 Å². The summed E-state index contributed by atoms with van der Waals surface area (Å²) in [5, 5.41) is 0. The summed E-state index contributed by atoms with van der Waals surface area (Å²) in [5.74, 6) is 0.155.